The summed E-state index contributed by atoms with van der Waals surface area (Å²) in [6, 6.07) is 15.2. The molecule has 4 nitrogen and oxygen atoms in total. The van der Waals surface area contributed by atoms with Gasteiger partial charge in [-0.2, -0.15) is 5.26 Å². The van der Waals surface area contributed by atoms with E-state index in [0.29, 0.717) is 11.3 Å². The highest BCUT2D eigenvalue weighted by atomic mass is 32.2. The van der Waals surface area contributed by atoms with Gasteiger partial charge in [0.1, 0.15) is 0 Å². The summed E-state index contributed by atoms with van der Waals surface area (Å²) >= 11 is 1.46. The molecule has 0 unspecified atom stereocenters. The van der Waals surface area contributed by atoms with Crippen LogP contribution in [0.3, 0.4) is 0 Å². The number of anilines is 1. The minimum Gasteiger partial charge on any atom is -0.398 e. The van der Waals surface area contributed by atoms with E-state index < -0.39 is 0 Å². The maximum Gasteiger partial charge on any atom is 0.171 e. The predicted octanol–water partition coefficient (Wildman–Crippen LogP) is 3.17. The molecule has 3 aromatic rings. The summed E-state index contributed by atoms with van der Waals surface area (Å²) in [6.07, 6.45) is 0. The number of nitrogen functional groups attached to an aromatic ring is 1. The van der Waals surface area contributed by atoms with E-state index in [2.05, 4.69) is 16.0 Å². The molecule has 3 N–H and O–H groups in total. The van der Waals surface area contributed by atoms with E-state index >= 15 is 0 Å². The molecule has 0 spiro atoms. The molecule has 19 heavy (non-hydrogen) atoms. The maximum atomic E-state index is 8.81. The van der Waals surface area contributed by atoms with Crippen LogP contribution in [0.25, 0.3) is 11.0 Å². The molecule has 3 rings (SSSR count). The van der Waals surface area contributed by atoms with Gasteiger partial charge in [-0.1, -0.05) is 12.1 Å². The molecule has 5 heteroatoms. The van der Waals surface area contributed by atoms with Crippen LogP contribution in [0.5, 0.6) is 0 Å². The third-order valence-corrected chi connectivity index (χ3v) is 3.69. The molecule has 0 saturated heterocycles. The van der Waals surface area contributed by atoms with Gasteiger partial charge in [0.05, 0.1) is 22.7 Å². The van der Waals surface area contributed by atoms with Crippen molar-refractivity contribution in [2.75, 3.05) is 5.73 Å². The number of aromatic amines is 1. The van der Waals surface area contributed by atoms with Crippen LogP contribution >= 0.6 is 11.8 Å². The zero-order chi connectivity index (χ0) is 13.2. The molecule has 0 amide bonds. The lowest BCUT2D eigenvalue weighted by Crippen LogP contribution is -1.90. The second kappa shape index (κ2) is 4.67. The average molecular weight is 266 g/mol. The predicted molar refractivity (Wildman–Crippen MR) is 75.8 cm³/mol. The lowest BCUT2D eigenvalue weighted by atomic mass is 10.2. The number of fused-ring (bicyclic) bond motifs is 1. The fourth-order valence-electron chi connectivity index (χ4n) is 1.79. The molecule has 2 aromatic carbocycles. The van der Waals surface area contributed by atoms with Crippen molar-refractivity contribution < 1.29 is 0 Å². The van der Waals surface area contributed by atoms with Crippen molar-refractivity contribution >= 4 is 28.5 Å². The van der Waals surface area contributed by atoms with Crippen molar-refractivity contribution in [1.82, 2.24) is 9.97 Å². The van der Waals surface area contributed by atoms with Crippen LogP contribution in [0.4, 0.5) is 5.69 Å². The number of nitrogens with zero attached hydrogens (tertiary/aromatic N) is 2. The fourth-order valence-corrected chi connectivity index (χ4v) is 2.62. The molecule has 0 atom stereocenters. The molecule has 92 valence electrons. The highest BCUT2D eigenvalue weighted by Crippen LogP contribution is 2.31. The second-order valence-corrected chi connectivity index (χ2v) is 5.06. The number of H-pyrrole nitrogens is 1. The first-order chi connectivity index (χ1) is 9.26. The lowest BCUT2D eigenvalue weighted by Gasteiger charge is -2.02. The van der Waals surface area contributed by atoms with E-state index in [1.165, 1.54) is 11.8 Å². The van der Waals surface area contributed by atoms with Crippen LogP contribution < -0.4 is 5.73 Å². The number of hydrogen-bond donors (Lipinski definition) is 2. The van der Waals surface area contributed by atoms with Gasteiger partial charge in [-0.15, -0.1) is 0 Å². The van der Waals surface area contributed by atoms with Crippen LogP contribution in [-0.2, 0) is 0 Å². The summed E-state index contributed by atoms with van der Waals surface area (Å²) in [4.78, 5) is 8.60. The number of nitrogens with one attached hydrogen (secondary N) is 1. The molecule has 0 aliphatic carbocycles. The summed E-state index contributed by atoms with van der Waals surface area (Å²) in [5.41, 5.74) is 9.00. The topological polar surface area (TPSA) is 78.5 Å². The Kier molecular flexibility index (Phi) is 2.86. The van der Waals surface area contributed by atoms with Crippen molar-refractivity contribution in [2.24, 2.45) is 0 Å². The third-order valence-electron chi connectivity index (χ3n) is 2.71. The van der Waals surface area contributed by atoms with Crippen molar-refractivity contribution in [2.45, 2.75) is 10.1 Å². The largest absolute Gasteiger partial charge is 0.398 e. The van der Waals surface area contributed by atoms with Crippen LogP contribution in [0.2, 0.25) is 0 Å². The van der Waals surface area contributed by atoms with Gasteiger partial charge in [0.15, 0.2) is 5.16 Å². The van der Waals surface area contributed by atoms with E-state index in [0.717, 1.165) is 21.1 Å². The molecule has 0 bridgehead atoms. The number of nitriles is 1. The molecule has 1 aromatic heterocycles. The molecule has 0 fully saturated rings. The van der Waals surface area contributed by atoms with E-state index in [9.17, 15) is 0 Å². The van der Waals surface area contributed by atoms with Crippen LogP contribution in [-0.4, -0.2) is 9.97 Å². The van der Waals surface area contributed by atoms with Gasteiger partial charge in [0, 0.05) is 10.6 Å². The summed E-state index contributed by atoms with van der Waals surface area (Å²) < 4.78 is 0. The Balaban J connectivity index is 1.94. The van der Waals surface area contributed by atoms with Crippen molar-refractivity contribution in [3.63, 3.8) is 0 Å². The first-order valence-electron chi connectivity index (χ1n) is 5.68. The molecule has 0 radical (unpaired) electrons. The van der Waals surface area contributed by atoms with Crippen molar-refractivity contribution in [3.8, 4) is 6.07 Å². The second-order valence-electron chi connectivity index (χ2n) is 4.03. The third kappa shape index (κ3) is 2.26. The first kappa shape index (κ1) is 11.6. The quantitative estimate of drug-likeness (QED) is 0.698. The van der Waals surface area contributed by atoms with E-state index in [-0.39, 0.29) is 0 Å². The Bertz CT molecular complexity index is 752. The molecule has 1 heterocycles. The normalized spacial score (nSPS) is 10.5. The summed E-state index contributed by atoms with van der Waals surface area (Å²) in [5, 5.41) is 9.60. The molecule has 0 aliphatic heterocycles. The number of aromatic nitrogens is 2. The molecule has 0 saturated carbocycles. The van der Waals surface area contributed by atoms with Gasteiger partial charge in [0.25, 0.3) is 0 Å². The minimum absolute atomic E-state index is 0.562. The van der Waals surface area contributed by atoms with Gasteiger partial charge in [0.2, 0.25) is 0 Å². The van der Waals surface area contributed by atoms with Crippen LogP contribution in [0.15, 0.2) is 52.5 Å². The lowest BCUT2D eigenvalue weighted by molar-refractivity contribution is 1.08. The molecular formula is C14H10N4S. The molecule has 0 aliphatic rings. The van der Waals surface area contributed by atoms with Gasteiger partial charge in [-0.3, -0.25) is 0 Å². The number of nitrogens with two attached hydrogens (primary N) is 1. The van der Waals surface area contributed by atoms with Crippen molar-refractivity contribution in [1.29, 1.82) is 5.26 Å². The Morgan fingerprint density at radius 3 is 2.79 bits per heavy atom. The smallest absolute Gasteiger partial charge is 0.171 e. The van der Waals surface area contributed by atoms with Gasteiger partial charge in [-0.25, -0.2) is 4.98 Å². The van der Waals surface area contributed by atoms with Crippen LogP contribution in [0.1, 0.15) is 5.56 Å². The highest BCUT2D eigenvalue weighted by molar-refractivity contribution is 7.99. The van der Waals surface area contributed by atoms with Gasteiger partial charge in [-0.05, 0) is 42.1 Å². The zero-order valence-electron chi connectivity index (χ0n) is 9.92. The summed E-state index contributed by atoms with van der Waals surface area (Å²) in [6.45, 7) is 0. The Morgan fingerprint density at radius 1 is 1.21 bits per heavy atom. The van der Waals surface area contributed by atoms with E-state index in [1.807, 2.05) is 30.3 Å². The first-order valence-corrected chi connectivity index (χ1v) is 6.50. The number of hydrogen-bond acceptors (Lipinski definition) is 4. The summed E-state index contributed by atoms with van der Waals surface area (Å²) in [5.74, 6) is 0. The monoisotopic (exact) mass is 266 g/mol. The highest BCUT2D eigenvalue weighted by Gasteiger charge is 2.07. The van der Waals surface area contributed by atoms with Gasteiger partial charge >= 0.3 is 0 Å². The number of para-hydroxylation sites is 2. The van der Waals surface area contributed by atoms with Crippen LogP contribution in [0, 0.1) is 11.3 Å². The number of imidazole rings is 1. The Morgan fingerprint density at radius 2 is 2.05 bits per heavy atom. The fraction of sp³-hybridized carbons (Fsp3) is 0. The Hall–Kier alpha value is -2.45. The number of rotatable bonds is 2. The SMILES string of the molecule is N#Cc1ccc(Sc2nc3ccccc3[nH]2)c(N)c1. The summed E-state index contributed by atoms with van der Waals surface area (Å²) in [7, 11) is 0. The average Bonchev–Trinajstić information content (AvgIpc) is 2.83. The number of benzene rings is 2. The minimum atomic E-state index is 0.562. The Labute approximate surface area is 114 Å². The zero-order valence-corrected chi connectivity index (χ0v) is 10.7. The maximum absolute atomic E-state index is 8.81. The van der Waals surface area contributed by atoms with Crippen molar-refractivity contribution in [3.05, 3.63) is 48.0 Å². The van der Waals surface area contributed by atoms with E-state index in [4.69, 9.17) is 11.0 Å². The molecular weight excluding hydrogens is 256 g/mol. The standard InChI is InChI=1S/C14H10N4S/c15-8-9-5-6-13(10(16)7-9)19-14-17-11-3-1-2-4-12(11)18-14/h1-7H,16H2,(H,17,18). The van der Waals surface area contributed by atoms with E-state index in [1.54, 1.807) is 12.1 Å². The van der Waals surface area contributed by atoms with Gasteiger partial charge < -0.3 is 10.7 Å².